The molecule has 2 aromatic heterocycles. The van der Waals surface area contributed by atoms with E-state index in [0.717, 1.165) is 16.6 Å². The number of aromatic amines is 1. The van der Waals surface area contributed by atoms with Crippen LogP contribution < -0.4 is 10.2 Å². The van der Waals surface area contributed by atoms with Crippen molar-refractivity contribution < 1.29 is 9.59 Å². The molecule has 1 aliphatic rings. The highest BCUT2D eigenvalue weighted by Gasteiger charge is 2.38. The molecule has 0 unspecified atom stereocenters. The minimum atomic E-state index is -0.640. The van der Waals surface area contributed by atoms with E-state index < -0.39 is 5.41 Å². The Balaban J connectivity index is 1.38. The lowest BCUT2D eigenvalue weighted by Crippen LogP contribution is -2.44. The number of likely N-dealkylation sites (tertiary alicyclic amines) is 1. The Labute approximate surface area is 231 Å². The highest BCUT2D eigenvalue weighted by Crippen LogP contribution is 2.36. The Morgan fingerprint density at radius 2 is 1.92 bits per heavy atom. The molecule has 1 aliphatic heterocycles. The third kappa shape index (κ3) is 5.42. The smallest absolute Gasteiger partial charge is 0.253 e. The van der Waals surface area contributed by atoms with Crippen LogP contribution in [0.5, 0.6) is 0 Å². The van der Waals surface area contributed by atoms with E-state index in [-0.39, 0.29) is 11.8 Å². The summed E-state index contributed by atoms with van der Waals surface area (Å²) >= 11 is 6.04. The van der Waals surface area contributed by atoms with Gasteiger partial charge in [-0.1, -0.05) is 29.8 Å². The van der Waals surface area contributed by atoms with Crippen LogP contribution in [-0.4, -0.2) is 57.8 Å². The van der Waals surface area contributed by atoms with Crippen LogP contribution in [0, 0.1) is 11.3 Å². The van der Waals surface area contributed by atoms with Crippen molar-refractivity contribution in [2.24, 2.45) is 0 Å². The SMILES string of the molecule is CC(=O)NCCN(c1cccc(C(=O)N2CCC(C#N)(c3ccc(Cl)cc3)CC2)c1)c1ncnc2[nH]ccc12. The first-order chi connectivity index (χ1) is 18.9. The summed E-state index contributed by atoms with van der Waals surface area (Å²) in [5, 5.41) is 14.3. The Morgan fingerprint density at radius 3 is 2.64 bits per heavy atom. The molecular weight excluding hydrogens is 514 g/mol. The molecule has 0 radical (unpaired) electrons. The molecule has 0 aliphatic carbocycles. The number of H-pyrrole nitrogens is 1. The third-order valence-corrected chi connectivity index (χ3v) is 7.47. The Morgan fingerprint density at radius 1 is 1.15 bits per heavy atom. The zero-order chi connectivity index (χ0) is 27.4. The number of anilines is 2. The van der Waals surface area contributed by atoms with E-state index in [9.17, 15) is 14.9 Å². The fourth-order valence-electron chi connectivity index (χ4n) is 5.09. The number of nitrogens with one attached hydrogen (secondary N) is 2. The van der Waals surface area contributed by atoms with Gasteiger partial charge in [0, 0.05) is 55.6 Å². The summed E-state index contributed by atoms with van der Waals surface area (Å²) in [5.74, 6) is 0.470. The molecule has 9 nitrogen and oxygen atoms in total. The molecule has 4 aromatic rings. The van der Waals surface area contributed by atoms with E-state index in [2.05, 4.69) is 26.3 Å². The van der Waals surface area contributed by atoms with E-state index in [4.69, 9.17) is 11.6 Å². The van der Waals surface area contributed by atoms with Gasteiger partial charge in [0.1, 0.15) is 17.8 Å². The number of amides is 2. The molecule has 39 heavy (non-hydrogen) atoms. The summed E-state index contributed by atoms with van der Waals surface area (Å²) in [6, 6.07) is 19.2. The highest BCUT2D eigenvalue weighted by molar-refractivity contribution is 6.30. The second kappa shape index (κ2) is 11.1. The van der Waals surface area contributed by atoms with Gasteiger partial charge in [-0.2, -0.15) is 5.26 Å². The summed E-state index contributed by atoms with van der Waals surface area (Å²) in [6.45, 7) is 3.27. The van der Waals surface area contributed by atoms with Crippen molar-refractivity contribution in [2.45, 2.75) is 25.2 Å². The topological polar surface area (TPSA) is 118 Å². The molecule has 0 atom stereocenters. The molecule has 0 spiro atoms. The zero-order valence-electron chi connectivity index (χ0n) is 21.5. The summed E-state index contributed by atoms with van der Waals surface area (Å²) in [6.07, 6.45) is 4.39. The number of benzene rings is 2. The average Bonchev–Trinajstić information content (AvgIpc) is 3.45. The molecule has 0 bridgehead atoms. The zero-order valence-corrected chi connectivity index (χ0v) is 22.3. The number of aromatic nitrogens is 3. The maximum atomic E-state index is 13.6. The summed E-state index contributed by atoms with van der Waals surface area (Å²) in [7, 11) is 0. The Hall–Kier alpha value is -4.42. The van der Waals surface area contributed by atoms with Gasteiger partial charge in [-0.05, 0) is 54.8 Å². The Bertz CT molecular complexity index is 1540. The Kier molecular flexibility index (Phi) is 7.48. The van der Waals surface area contributed by atoms with Gasteiger partial charge in [-0.3, -0.25) is 9.59 Å². The van der Waals surface area contributed by atoms with Gasteiger partial charge in [0.05, 0.1) is 16.9 Å². The standard InChI is InChI=1S/C29H28ClN7O2/c1-20(38)32-13-16-37(27-25-9-12-33-26(25)34-19-35-27)24-4-2-3-21(17-24)28(39)36-14-10-29(18-31,11-15-36)22-5-7-23(30)8-6-22/h2-9,12,17,19H,10-11,13-16H2,1H3,(H,32,38)(H,33,34,35). The van der Waals surface area contributed by atoms with Crippen LogP contribution in [0.25, 0.3) is 11.0 Å². The molecule has 2 N–H and O–H groups in total. The van der Waals surface area contributed by atoms with Gasteiger partial charge in [0.25, 0.3) is 5.91 Å². The van der Waals surface area contributed by atoms with Crippen LogP contribution in [0.4, 0.5) is 11.5 Å². The van der Waals surface area contributed by atoms with Crippen molar-refractivity contribution in [2.75, 3.05) is 31.1 Å². The van der Waals surface area contributed by atoms with E-state index in [1.807, 2.05) is 41.3 Å². The average molecular weight is 542 g/mol. The van der Waals surface area contributed by atoms with Crippen molar-refractivity contribution in [3.8, 4) is 6.07 Å². The number of nitriles is 1. The molecule has 1 saturated heterocycles. The van der Waals surface area contributed by atoms with E-state index in [1.165, 1.54) is 13.3 Å². The quantitative estimate of drug-likeness (QED) is 0.353. The summed E-state index contributed by atoms with van der Waals surface area (Å²) in [5.41, 5.74) is 2.31. The predicted octanol–water partition coefficient (Wildman–Crippen LogP) is 4.58. The number of piperidine rings is 1. The lowest BCUT2D eigenvalue weighted by Gasteiger charge is -2.37. The number of halogens is 1. The van der Waals surface area contributed by atoms with Crippen LogP contribution in [0.15, 0.2) is 67.1 Å². The maximum absolute atomic E-state index is 13.6. The fraction of sp³-hybridized carbons (Fsp3) is 0.276. The number of carbonyl (C=O) groups is 2. The molecular formula is C29H28ClN7O2. The van der Waals surface area contributed by atoms with Gasteiger partial charge in [-0.25, -0.2) is 9.97 Å². The minimum Gasteiger partial charge on any atom is -0.355 e. The molecule has 3 heterocycles. The third-order valence-electron chi connectivity index (χ3n) is 7.22. The van der Waals surface area contributed by atoms with Crippen LogP contribution in [0.2, 0.25) is 5.02 Å². The van der Waals surface area contributed by atoms with Gasteiger partial charge in [0.15, 0.2) is 0 Å². The molecule has 2 aromatic carbocycles. The van der Waals surface area contributed by atoms with E-state index in [1.54, 1.807) is 29.3 Å². The molecule has 198 valence electrons. The highest BCUT2D eigenvalue weighted by atomic mass is 35.5. The molecule has 10 heteroatoms. The molecule has 5 rings (SSSR count). The molecule has 1 fully saturated rings. The molecule has 0 saturated carbocycles. The predicted molar refractivity (Wildman–Crippen MR) is 150 cm³/mol. The van der Waals surface area contributed by atoms with Crippen molar-refractivity contribution in [3.63, 3.8) is 0 Å². The number of fused-ring (bicyclic) bond motifs is 1. The number of hydrogen-bond donors (Lipinski definition) is 2. The summed E-state index contributed by atoms with van der Waals surface area (Å²) in [4.78, 5) is 40.8. The van der Waals surface area contributed by atoms with Gasteiger partial charge in [0.2, 0.25) is 5.91 Å². The van der Waals surface area contributed by atoms with Gasteiger partial charge < -0.3 is 20.1 Å². The molecule has 2 amide bonds. The first kappa shape index (κ1) is 26.2. The van der Waals surface area contributed by atoms with Crippen LogP contribution in [-0.2, 0) is 10.2 Å². The largest absolute Gasteiger partial charge is 0.355 e. The second-order valence-corrected chi connectivity index (χ2v) is 10.1. The van der Waals surface area contributed by atoms with Crippen LogP contribution in [0.3, 0.4) is 0 Å². The van der Waals surface area contributed by atoms with Crippen LogP contribution in [0.1, 0.15) is 35.7 Å². The van der Waals surface area contributed by atoms with E-state index in [0.29, 0.717) is 61.1 Å². The van der Waals surface area contributed by atoms with Crippen molar-refractivity contribution in [3.05, 3.63) is 83.3 Å². The van der Waals surface area contributed by atoms with Gasteiger partial charge in [-0.15, -0.1) is 0 Å². The van der Waals surface area contributed by atoms with Crippen molar-refractivity contribution in [1.82, 2.24) is 25.2 Å². The number of rotatable bonds is 7. The van der Waals surface area contributed by atoms with Crippen molar-refractivity contribution >= 4 is 46.0 Å². The number of carbonyl (C=O) groups excluding carboxylic acids is 2. The first-order valence-corrected chi connectivity index (χ1v) is 13.1. The first-order valence-electron chi connectivity index (χ1n) is 12.8. The van der Waals surface area contributed by atoms with Crippen molar-refractivity contribution in [1.29, 1.82) is 5.26 Å². The maximum Gasteiger partial charge on any atom is 0.253 e. The summed E-state index contributed by atoms with van der Waals surface area (Å²) < 4.78 is 0. The normalized spacial score (nSPS) is 14.5. The van der Waals surface area contributed by atoms with Crippen LogP contribution >= 0.6 is 11.6 Å². The monoisotopic (exact) mass is 541 g/mol. The lowest BCUT2D eigenvalue weighted by molar-refractivity contribution is -0.118. The fourth-order valence-corrected chi connectivity index (χ4v) is 5.22. The van der Waals surface area contributed by atoms with Gasteiger partial charge >= 0.3 is 0 Å². The second-order valence-electron chi connectivity index (χ2n) is 9.62. The number of nitrogens with zero attached hydrogens (tertiary/aromatic N) is 5. The minimum absolute atomic E-state index is 0.0872. The van der Waals surface area contributed by atoms with E-state index >= 15 is 0 Å². The number of hydrogen-bond acceptors (Lipinski definition) is 6. The lowest BCUT2D eigenvalue weighted by atomic mass is 9.74.